The summed E-state index contributed by atoms with van der Waals surface area (Å²) in [5, 5.41) is 8.25. The summed E-state index contributed by atoms with van der Waals surface area (Å²) in [6, 6.07) is 9.16. The minimum atomic E-state index is -3.05. The van der Waals surface area contributed by atoms with Crippen LogP contribution in [0.4, 0.5) is 5.82 Å². The number of rotatable bonds is 6. The summed E-state index contributed by atoms with van der Waals surface area (Å²) in [4.78, 5) is 12.5. The second kappa shape index (κ2) is 8.70. The van der Waals surface area contributed by atoms with E-state index in [4.69, 9.17) is 11.6 Å². The minimum absolute atomic E-state index is 0.0620. The minimum Gasteiger partial charge on any atom is -0.310 e. The summed E-state index contributed by atoms with van der Waals surface area (Å²) in [5.74, 6) is 1.65. The van der Waals surface area contributed by atoms with E-state index in [0.717, 1.165) is 11.3 Å². The van der Waals surface area contributed by atoms with E-state index in [1.165, 1.54) is 11.8 Å². The highest BCUT2D eigenvalue weighted by Gasteiger charge is 2.32. The molecule has 1 atom stereocenters. The Kier molecular flexibility index (Phi) is 6.65. The van der Waals surface area contributed by atoms with Crippen molar-refractivity contribution in [3.05, 3.63) is 46.6 Å². The molecule has 6 nitrogen and oxygen atoms in total. The maximum Gasteiger partial charge on any atom is 0.235 e. The molecule has 0 spiro atoms. The van der Waals surface area contributed by atoms with Crippen molar-refractivity contribution in [2.45, 2.75) is 44.4 Å². The number of carbonyl (C=O) groups excluding carboxylic acids is 1. The quantitative estimate of drug-likeness (QED) is 0.710. The number of anilines is 1. The van der Waals surface area contributed by atoms with Crippen LogP contribution in [0.25, 0.3) is 0 Å². The number of thioether (sulfide) groups is 1. The van der Waals surface area contributed by atoms with Crippen LogP contribution in [0, 0.1) is 0 Å². The van der Waals surface area contributed by atoms with Crippen molar-refractivity contribution in [1.82, 2.24) is 9.78 Å². The van der Waals surface area contributed by atoms with Gasteiger partial charge in [-0.2, -0.15) is 5.10 Å². The van der Waals surface area contributed by atoms with Gasteiger partial charge in [0.05, 0.1) is 29.0 Å². The molecule has 2 heterocycles. The lowest BCUT2D eigenvalue weighted by molar-refractivity contribution is -0.113. The van der Waals surface area contributed by atoms with Gasteiger partial charge in [-0.3, -0.25) is 4.79 Å². The van der Waals surface area contributed by atoms with Crippen LogP contribution in [0.3, 0.4) is 0 Å². The molecule has 158 valence electrons. The molecule has 1 N–H and O–H groups in total. The summed E-state index contributed by atoms with van der Waals surface area (Å²) < 4.78 is 25.5. The molecule has 1 aliphatic rings. The molecule has 9 heteroatoms. The van der Waals surface area contributed by atoms with Crippen LogP contribution in [-0.2, 0) is 25.8 Å². The van der Waals surface area contributed by atoms with Crippen molar-refractivity contribution < 1.29 is 13.2 Å². The van der Waals surface area contributed by atoms with E-state index in [2.05, 4.69) is 10.4 Å². The lowest BCUT2D eigenvalue weighted by Crippen LogP contribution is -2.21. The molecule has 1 aromatic heterocycles. The van der Waals surface area contributed by atoms with Gasteiger partial charge >= 0.3 is 0 Å². The summed E-state index contributed by atoms with van der Waals surface area (Å²) in [7, 11) is -3.05. The van der Waals surface area contributed by atoms with E-state index in [-0.39, 0.29) is 28.9 Å². The normalized spacial score (nSPS) is 18.7. The van der Waals surface area contributed by atoms with Crippen LogP contribution in [0.2, 0.25) is 5.02 Å². The molecule has 0 aliphatic carbocycles. The van der Waals surface area contributed by atoms with E-state index in [1.807, 2.05) is 51.1 Å². The maximum atomic E-state index is 12.5. The Morgan fingerprint density at radius 3 is 2.59 bits per heavy atom. The fraction of sp³-hybridized carbons (Fsp3) is 0.500. The molecule has 1 aromatic carbocycles. The van der Waals surface area contributed by atoms with Crippen LogP contribution in [0.1, 0.15) is 44.5 Å². The standard InChI is InChI=1S/C20H26ClN3O3S2/c1-20(2,3)17-10-18(24(23-17)16-8-9-29(26,27)13-16)22-19(25)12-28-11-14-4-6-15(21)7-5-14/h4-7,10,16H,8-9,11-13H2,1-3H3,(H,22,25)/t16-/m1/s1. The summed E-state index contributed by atoms with van der Waals surface area (Å²) in [6.07, 6.45) is 0.516. The first kappa shape index (κ1) is 22.2. The van der Waals surface area contributed by atoms with Crippen molar-refractivity contribution in [3.63, 3.8) is 0 Å². The SMILES string of the molecule is CC(C)(C)c1cc(NC(=O)CSCc2ccc(Cl)cc2)n([C@@H]2CCS(=O)(=O)C2)n1. The predicted molar refractivity (Wildman–Crippen MR) is 119 cm³/mol. The molecule has 0 bridgehead atoms. The average molecular weight is 456 g/mol. The van der Waals surface area contributed by atoms with E-state index in [0.29, 0.717) is 28.8 Å². The third-order valence-electron chi connectivity index (χ3n) is 4.74. The largest absolute Gasteiger partial charge is 0.310 e. The fourth-order valence-electron chi connectivity index (χ4n) is 3.12. The van der Waals surface area contributed by atoms with Crippen LogP contribution < -0.4 is 5.32 Å². The Bertz CT molecular complexity index is 979. The number of hydrogen-bond donors (Lipinski definition) is 1. The van der Waals surface area contributed by atoms with Crippen LogP contribution >= 0.6 is 23.4 Å². The van der Waals surface area contributed by atoms with Gasteiger partial charge in [-0.05, 0) is 24.1 Å². The molecule has 3 rings (SSSR count). The Hall–Kier alpha value is -1.51. The third kappa shape index (κ3) is 5.99. The molecular formula is C20H26ClN3O3S2. The first-order chi connectivity index (χ1) is 13.5. The molecule has 0 unspecified atom stereocenters. The van der Waals surface area contributed by atoms with Gasteiger partial charge in [-0.15, -0.1) is 11.8 Å². The molecule has 0 radical (unpaired) electrons. The van der Waals surface area contributed by atoms with Gasteiger partial charge in [0.15, 0.2) is 9.84 Å². The van der Waals surface area contributed by atoms with Gasteiger partial charge < -0.3 is 5.32 Å². The van der Waals surface area contributed by atoms with Gasteiger partial charge in [0.2, 0.25) is 5.91 Å². The molecule has 2 aromatic rings. The zero-order valence-corrected chi connectivity index (χ0v) is 19.2. The third-order valence-corrected chi connectivity index (χ3v) is 7.75. The monoisotopic (exact) mass is 455 g/mol. The van der Waals surface area contributed by atoms with E-state index >= 15 is 0 Å². The number of hydrogen-bond acceptors (Lipinski definition) is 5. The number of nitrogens with one attached hydrogen (secondary N) is 1. The number of sulfone groups is 1. The molecule has 1 fully saturated rings. The maximum absolute atomic E-state index is 12.5. The molecule has 1 aliphatic heterocycles. The Labute approximate surface area is 181 Å². The van der Waals surface area contributed by atoms with Crippen molar-refractivity contribution in [2.24, 2.45) is 0 Å². The number of aromatic nitrogens is 2. The zero-order chi connectivity index (χ0) is 21.2. The Balaban J connectivity index is 1.67. The van der Waals surface area contributed by atoms with Crippen molar-refractivity contribution in [1.29, 1.82) is 0 Å². The van der Waals surface area contributed by atoms with Gasteiger partial charge in [-0.25, -0.2) is 13.1 Å². The molecule has 1 saturated heterocycles. The molecular weight excluding hydrogens is 430 g/mol. The zero-order valence-electron chi connectivity index (χ0n) is 16.8. The van der Waals surface area contributed by atoms with Crippen LogP contribution in [0.15, 0.2) is 30.3 Å². The van der Waals surface area contributed by atoms with Crippen molar-refractivity contribution in [2.75, 3.05) is 22.6 Å². The summed E-state index contributed by atoms with van der Waals surface area (Å²) in [6.45, 7) is 6.12. The van der Waals surface area contributed by atoms with Crippen molar-refractivity contribution in [3.8, 4) is 0 Å². The lowest BCUT2D eigenvalue weighted by Gasteiger charge is -2.15. The first-order valence-electron chi connectivity index (χ1n) is 9.46. The number of benzene rings is 1. The highest BCUT2D eigenvalue weighted by atomic mass is 35.5. The van der Waals surface area contributed by atoms with Crippen molar-refractivity contribution >= 4 is 44.9 Å². The van der Waals surface area contributed by atoms with Gasteiger partial charge in [0.25, 0.3) is 0 Å². The first-order valence-corrected chi connectivity index (χ1v) is 12.8. The average Bonchev–Trinajstić information content (AvgIpc) is 3.19. The number of halogens is 1. The number of nitrogens with zero attached hydrogens (tertiary/aromatic N) is 2. The van der Waals surface area contributed by atoms with Gasteiger partial charge in [0, 0.05) is 22.3 Å². The fourth-order valence-corrected chi connectivity index (χ4v) is 5.73. The Morgan fingerprint density at radius 2 is 2.00 bits per heavy atom. The number of carbonyl (C=O) groups is 1. The second-order valence-electron chi connectivity index (χ2n) is 8.33. The van der Waals surface area contributed by atoms with Gasteiger partial charge in [0.1, 0.15) is 5.82 Å². The predicted octanol–water partition coefficient (Wildman–Crippen LogP) is 4.07. The summed E-state index contributed by atoms with van der Waals surface area (Å²) >= 11 is 7.40. The van der Waals surface area contributed by atoms with E-state index in [1.54, 1.807) is 4.68 Å². The second-order valence-corrected chi connectivity index (χ2v) is 12.0. The summed E-state index contributed by atoms with van der Waals surface area (Å²) in [5.41, 5.74) is 1.72. The lowest BCUT2D eigenvalue weighted by atomic mass is 9.92. The number of amides is 1. The molecule has 29 heavy (non-hydrogen) atoms. The highest BCUT2D eigenvalue weighted by molar-refractivity contribution is 7.99. The Morgan fingerprint density at radius 1 is 1.31 bits per heavy atom. The van der Waals surface area contributed by atoms with E-state index < -0.39 is 9.84 Å². The van der Waals surface area contributed by atoms with Crippen LogP contribution in [-0.4, -0.2) is 41.4 Å². The highest BCUT2D eigenvalue weighted by Crippen LogP contribution is 2.31. The van der Waals surface area contributed by atoms with E-state index in [9.17, 15) is 13.2 Å². The molecule has 0 saturated carbocycles. The van der Waals surface area contributed by atoms with Crippen LogP contribution in [0.5, 0.6) is 0 Å². The molecule has 1 amide bonds. The smallest absolute Gasteiger partial charge is 0.235 e. The topological polar surface area (TPSA) is 81.1 Å². The van der Waals surface area contributed by atoms with Gasteiger partial charge in [-0.1, -0.05) is 44.5 Å².